The number of hydrogen-bond donors (Lipinski definition) is 1. The first-order valence-corrected chi connectivity index (χ1v) is 8.94. The van der Waals surface area contributed by atoms with Gasteiger partial charge < -0.3 is 4.90 Å². The highest BCUT2D eigenvalue weighted by Gasteiger charge is 2.35. The molecule has 106 valence electrons. The van der Waals surface area contributed by atoms with Gasteiger partial charge >= 0.3 is 0 Å². The van der Waals surface area contributed by atoms with Crippen molar-refractivity contribution in [1.29, 1.82) is 0 Å². The zero-order valence-corrected chi connectivity index (χ0v) is 13.1. The van der Waals surface area contributed by atoms with Gasteiger partial charge in [-0.1, -0.05) is 0 Å². The molecule has 2 heterocycles. The maximum Gasteiger partial charge on any atom is 0.238 e. The molecule has 1 amide bonds. The second-order valence-electron chi connectivity index (χ2n) is 4.95. The van der Waals surface area contributed by atoms with E-state index in [9.17, 15) is 9.00 Å². The molecule has 0 radical (unpaired) electrons. The maximum atomic E-state index is 12.0. The zero-order chi connectivity index (χ0) is 14.0. The first-order valence-electron chi connectivity index (χ1n) is 6.40. The largest absolute Gasteiger partial charge is 0.318 e. The van der Waals surface area contributed by atoms with Crippen LogP contribution in [-0.2, 0) is 15.6 Å². The third kappa shape index (κ3) is 3.43. The lowest BCUT2D eigenvalue weighted by molar-refractivity contribution is -0.130. The molecule has 0 spiro atoms. The van der Waals surface area contributed by atoms with Crippen LogP contribution in [0.1, 0.15) is 29.3 Å². The van der Waals surface area contributed by atoms with E-state index in [1.165, 1.54) is 9.75 Å². The highest BCUT2D eigenvalue weighted by Crippen LogP contribution is 2.30. The lowest BCUT2D eigenvalue weighted by atomic mass is 10.2. The van der Waals surface area contributed by atoms with Crippen LogP contribution in [0, 0.1) is 6.92 Å². The molecule has 6 heteroatoms. The van der Waals surface area contributed by atoms with Gasteiger partial charge in [-0.25, -0.2) is 0 Å². The number of rotatable bonds is 5. The van der Waals surface area contributed by atoms with Crippen molar-refractivity contribution < 1.29 is 9.00 Å². The van der Waals surface area contributed by atoms with Gasteiger partial charge in [-0.15, -0.1) is 11.3 Å². The van der Waals surface area contributed by atoms with Crippen molar-refractivity contribution in [3.8, 4) is 0 Å². The summed E-state index contributed by atoms with van der Waals surface area (Å²) in [4.78, 5) is 16.4. The van der Waals surface area contributed by atoms with E-state index >= 15 is 0 Å². The molecule has 1 aliphatic rings. The van der Waals surface area contributed by atoms with E-state index in [2.05, 4.69) is 24.4 Å². The van der Waals surface area contributed by atoms with Crippen molar-refractivity contribution in [2.24, 2.45) is 0 Å². The minimum atomic E-state index is -0.805. The molecule has 3 unspecified atom stereocenters. The third-order valence-electron chi connectivity index (χ3n) is 3.34. The number of aryl methyl sites for hydroxylation is 1. The second kappa shape index (κ2) is 6.15. The summed E-state index contributed by atoms with van der Waals surface area (Å²) in [5.41, 5.74) is 0. The Labute approximate surface area is 120 Å². The lowest BCUT2D eigenvalue weighted by Crippen LogP contribution is -2.38. The van der Waals surface area contributed by atoms with Crippen molar-refractivity contribution in [2.45, 2.75) is 32.5 Å². The standard InChI is InChI=1S/C13H20N2O2S2/c1-9(6-7-19(3)17)15-12(16)8-14-13(15)11-5-4-10(2)18-11/h4-5,9,13-14H,6-8H2,1-3H3. The third-order valence-corrected chi connectivity index (χ3v) is 5.21. The van der Waals surface area contributed by atoms with E-state index < -0.39 is 10.8 Å². The fraction of sp³-hybridized carbons (Fsp3) is 0.615. The smallest absolute Gasteiger partial charge is 0.238 e. The molecule has 3 atom stereocenters. The van der Waals surface area contributed by atoms with Crippen LogP contribution in [0.15, 0.2) is 12.1 Å². The van der Waals surface area contributed by atoms with E-state index in [-0.39, 0.29) is 18.1 Å². The van der Waals surface area contributed by atoms with Crippen molar-refractivity contribution >= 4 is 28.0 Å². The summed E-state index contributed by atoms with van der Waals surface area (Å²) in [5.74, 6) is 0.770. The van der Waals surface area contributed by atoms with Crippen LogP contribution in [0.2, 0.25) is 0 Å². The van der Waals surface area contributed by atoms with E-state index in [0.717, 1.165) is 6.42 Å². The molecular weight excluding hydrogens is 280 g/mol. The number of thiophene rings is 1. The fourth-order valence-electron chi connectivity index (χ4n) is 2.33. The number of nitrogens with one attached hydrogen (secondary N) is 1. The van der Waals surface area contributed by atoms with E-state index in [4.69, 9.17) is 0 Å². The summed E-state index contributed by atoms with van der Waals surface area (Å²) >= 11 is 1.72. The van der Waals surface area contributed by atoms with Crippen molar-refractivity contribution in [3.05, 3.63) is 21.9 Å². The molecule has 0 aliphatic carbocycles. The molecule has 1 N–H and O–H groups in total. The Morgan fingerprint density at radius 3 is 2.89 bits per heavy atom. The molecule has 1 saturated heterocycles. The number of nitrogens with zero attached hydrogens (tertiary/aromatic N) is 1. The quantitative estimate of drug-likeness (QED) is 0.899. The highest BCUT2D eigenvalue weighted by molar-refractivity contribution is 7.84. The Morgan fingerprint density at radius 1 is 1.58 bits per heavy atom. The molecule has 0 saturated carbocycles. The monoisotopic (exact) mass is 300 g/mol. The van der Waals surface area contributed by atoms with Crippen molar-refractivity contribution in [2.75, 3.05) is 18.6 Å². The first-order chi connectivity index (χ1) is 8.99. The zero-order valence-electron chi connectivity index (χ0n) is 11.5. The van der Waals surface area contributed by atoms with E-state index in [0.29, 0.717) is 12.3 Å². The van der Waals surface area contributed by atoms with Crippen LogP contribution in [0.4, 0.5) is 0 Å². The van der Waals surface area contributed by atoms with Crippen LogP contribution in [0.5, 0.6) is 0 Å². The molecule has 1 fully saturated rings. The predicted octanol–water partition coefficient (Wildman–Crippen LogP) is 1.64. The van der Waals surface area contributed by atoms with Crippen molar-refractivity contribution in [1.82, 2.24) is 10.2 Å². The minimum absolute atomic E-state index is 0.0218. The topological polar surface area (TPSA) is 49.4 Å². The number of hydrogen-bond acceptors (Lipinski definition) is 4. The molecule has 1 aromatic rings. The van der Waals surface area contributed by atoms with Crippen LogP contribution >= 0.6 is 11.3 Å². The number of carbonyl (C=O) groups excluding carboxylic acids is 1. The molecule has 19 heavy (non-hydrogen) atoms. The normalized spacial score (nSPS) is 22.8. The number of amides is 1. The molecule has 0 bridgehead atoms. The Bertz CT molecular complexity index is 487. The predicted molar refractivity (Wildman–Crippen MR) is 79.7 cm³/mol. The average Bonchev–Trinajstić information content (AvgIpc) is 2.92. The molecule has 4 nitrogen and oxygen atoms in total. The number of carbonyl (C=O) groups is 1. The van der Waals surface area contributed by atoms with Crippen LogP contribution in [0.3, 0.4) is 0 Å². The van der Waals surface area contributed by atoms with Crippen LogP contribution in [0.25, 0.3) is 0 Å². The maximum absolute atomic E-state index is 12.0. The Hall–Kier alpha value is -0.720. The van der Waals surface area contributed by atoms with Gasteiger partial charge in [0.2, 0.25) is 5.91 Å². The minimum Gasteiger partial charge on any atom is -0.318 e. The SMILES string of the molecule is Cc1ccc(C2NCC(=O)N2C(C)CCS(C)=O)s1. The van der Waals surface area contributed by atoms with Gasteiger partial charge in [0, 0.05) is 38.6 Å². The summed E-state index contributed by atoms with van der Waals surface area (Å²) in [5, 5.41) is 3.27. The van der Waals surface area contributed by atoms with Gasteiger partial charge in [0.1, 0.15) is 6.17 Å². The van der Waals surface area contributed by atoms with E-state index in [1.54, 1.807) is 17.6 Å². The summed E-state index contributed by atoms with van der Waals surface area (Å²) in [7, 11) is -0.805. The van der Waals surface area contributed by atoms with Crippen molar-refractivity contribution in [3.63, 3.8) is 0 Å². The van der Waals surface area contributed by atoms with Gasteiger partial charge in [0.25, 0.3) is 0 Å². The van der Waals surface area contributed by atoms with Gasteiger partial charge in [-0.3, -0.25) is 14.3 Å². The second-order valence-corrected chi connectivity index (χ2v) is 7.82. The molecular formula is C13H20N2O2S2. The lowest BCUT2D eigenvalue weighted by Gasteiger charge is -2.29. The summed E-state index contributed by atoms with van der Waals surface area (Å²) in [6.45, 7) is 4.49. The van der Waals surface area contributed by atoms with Gasteiger partial charge in [0.15, 0.2) is 0 Å². The Balaban J connectivity index is 2.11. The highest BCUT2D eigenvalue weighted by atomic mass is 32.2. The molecule has 0 aromatic carbocycles. The molecule has 2 rings (SSSR count). The van der Waals surface area contributed by atoms with Gasteiger partial charge in [0.05, 0.1) is 6.54 Å². The molecule has 1 aromatic heterocycles. The molecule has 1 aliphatic heterocycles. The van der Waals surface area contributed by atoms with Crippen LogP contribution < -0.4 is 5.32 Å². The summed E-state index contributed by atoms with van der Waals surface area (Å²) in [6.07, 6.45) is 2.46. The Kier molecular flexibility index (Phi) is 4.76. The van der Waals surface area contributed by atoms with Crippen LogP contribution in [-0.4, -0.2) is 39.6 Å². The first kappa shape index (κ1) is 14.7. The van der Waals surface area contributed by atoms with Gasteiger partial charge in [-0.2, -0.15) is 0 Å². The average molecular weight is 300 g/mol. The summed E-state index contributed by atoms with van der Waals surface area (Å²) in [6, 6.07) is 4.27. The Morgan fingerprint density at radius 2 is 2.32 bits per heavy atom. The van der Waals surface area contributed by atoms with E-state index in [1.807, 2.05) is 11.8 Å². The summed E-state index contributed by atoms with van der Waals surface area (Å²) < 4.78 is 11.2. The fourth-order valence-corrected chi connectivity index (χ4v) is 3.96. The van der Waals surface area contributed by atoms with Gasteiger partial charge in [-0.05, 0) is 32.4 Å².